The Balaban J connectivity index is 1.86. The van der Waals surface area contributed by atoms with Gasteiger partial charge in [-0.3, -0.25) is 14.7 Å². The van der Waals surface area contributed by atoms with Gasteiger partial charge in [0.25, 0.3) is 0 Å². The molecule has 4 nitrogen and oxygen atoms in total. The number of rotatable bonds is 5. The van der Waals surface area contributed by atoms with Crippen LogP contribution >= 0.6 is 27.3 Å². The van der Waals surface area contributed by atoms with Crippen molar-refractivity contribution in [1.82, 2.24) is 9.88 Å². The van der Waals surface area contributed by atoms with Crippen LogP contribution in [-0.4, -0.2) is 34.0 Å². The Morgan fingerprint density at radius 3 is 2.62 bits per heavy atom. The summed E-state index contributed by atoms with van der Waals surface area (Å²) < 4.78 is 1.10. The van der Waals surface area contributed by atoms with E-state index in [1.165, 1.54) is 10.4 Å². The second kappa shape index (κ2) is 7.76. The number of aryl methyl sites for hydroxylation is 1. The summed E-state index contributed by atoms with van der Waals surface area (Å²) in [5, 5.41) is 9.22. The minimum Gasteiger partial charge on any atom is -0.481 e. The summed E-state index contributed by atoms with van der Waals surface area (Å²) in [6.45, 7) is 3.70. The standard InChI is InChI=1S/C18H21BrN2O2S/c1-2-12-3-4-14(20-11-12)17(15-5-6-16(19)24-15)21-9-7-13(8-10-21)18(22)23/h3-6,11,13,17H,2,7-10H2,1H3,(H,22,23). The molecule has 2 aromatic rings. The molecule has 128 valence electrons. The maximum Gasteiger partial charge on any atom is 0.306 e. The molecule has 0 radical (unpaired) electrons. The van der Waals surface area contributed by atoms with E-state index in [0.717, 1.165) is 29.0 Å². The van der Waals surface area contributed by atoms with E-state index in [0.29, 0.717) is 12.8 Å². The molecule has 1 N–H and O–H groups in total. The van der Waals surface area contributed by atoms with E-state index in [1.54, 1.807) is 11.3 Å². The van der Waals surface area contributed by atoms with Gasteiger partial charge in [-0.1, -0.05) is 13.0 Å². The zero-order valence-electron chi connectivity index (χ0n) is 13.6. The average Bonchev–Trinajstić information content (AvgIpc) is 3.02. The van der Waals surface area contributed by atoms with E-state index in [-0.39, 0.29) is 12.0 Å². The van der Waals surface area contributed by atoms with Gasteiger partial charge in [-0.2, -0.15) is 0 Å². The Morgan fingerprint density at radius 1 is 1.38 bits per heavy atom. The normalized spacial score (nSPS) is 17.8. The lowest BCUT2D eigenvalue weighted by atomic mass is 9.95. The summed E-state index contributed by atoms with van der Waals surface area (Å²) in [6, 6.07) is 8.56. The summed E-state index contributed by atoms with van der Waals surface area (Å²) >= 11 is 5.27. The van der Waals surface area contributed by atoms with E-state index >= 15 is 0 Å². The number of aromatic nitrogens is 1. The SMILES string of the molecule is CCc1ccc(C(c2ccc(Br)s2)N2CCC(C(=O)O)CC2)nc1. The number of pyridine rings is 1. The Hall–Kier alpha value is -1.24. The third-order valence-corrected chi connectivity index (χ3v) is 6.32. The van der Waals surface area contributed by atoms with Crippen molar-refractivity contribution in [3.8, 4) is 0 Å². The zero-order valence-corrected chi connectivity index (χ0v) is 16.0. The number of aliphatic carboxylic acids is 1. The highest BCUT2D eigenvalue weighted by Gasteiger charge is 2.31. The summed E-state index contributed by atoms with van der Waals surface area (Å²) in [7, 11) is 0. The van der Waals surface area contributed by atoms with E-state index in [4.69, 9.17) is 4.98 Å². The van der Waals surface area contributed by atoms with Crippen LogP contribution < -0.4 is 0 Å². The number of carboxylic acids is 1. The highest BCUT2D eigenvalue weighted by Crippen LogP contribution is 2.36. The topological polar surface area (TPSA) is 53.4 Å². The second-order valence-corrected chi connectivity index (χ2v) is 8.63. The highest BCUT2D eigenvalue weighted by atomic mass is 79.9. The highest BCUT2D eigenvalue weighted by molar-refractivity contribution is 9.11. The number of hydrogen-bond donors (Lipinski definition) is 1. The van der Waals surface area contributed by atoms with Crippen LogP contribution in [-0.2, 0) is 11.2 Å². The second-order valence-electron chi connectivity index (χ2n) is 6.14. The van der Waals surface area contributed by atoms with Crippen molar-refractivity contribution in [2.45, 2.75) is 32.2 Å². The summed E-state index contributed by atoms with van der Waals surface area (Å²) in [6.07, 6.45) is 4.33. The molecule has 1 unspecified atom stereocenters. The third kappa shape index (κ3) is 3.87. The molecule has 1 saturated heterocycles. The first-order chi connectivity index (χ1) is 11.6. The predicted octanol–water partition coefficient (Wildman–Crippen LogP) is 4.35. The first-order valence-corrected chi connectivity index (χ1v) is 9.86. The van der Waals surface area contributed by atoms with Crippen LogP contribution in [0.5, 0.6) is 0 Å². The summed E-state index contributed by atoms with van der Waals surface area (Å²) in [5.74, 6) is -0.886. The monoisotopic (exact) mass is 408 g/mol. The van der Waals surface area contributed by atoms with Crippen LogP contribution in [0, 0.1) is 5.92 Å². The fraction of sp³-hybridized carbons (Fsp3) is 0.444. The zero-order chi connectivity index (χ0) is 17.1. The van der Waals surface area contributed by atoms with Crippen LogP contribution in [0.2, 0.25) is 0 Å². The largest absolute Gasteiger partial charge is 0.481 e. The van der Waals surface area contributed by atoms with Gasteiger partial charge >= 0.3 is 5.97 Å². The van der Waals surface area contributed by atoms with Crippen LogP contribution in [0.25, 0.3) is 0 Å². The summed E-state index contributed by atoms with van der Waals surface area (Å²) in [5.41, 5.74) is 2.27. The molecule has 0 saturated carbocycles. The maximum atomic E-state index is 11.2. The fourth-order valence-electron chi connectivity index (χ4n) is 3.20. The molecule has 1 fully saturated rings. The molecule has 0 aliphatic carbocycles. The number of nitrogens with zero attached hydrogens (tertiary/aromatic N) is 2. The molecule has 1 aliphatic rings. The number of piperidine rings is 1. The maximum absolute atomic E-state index is 11.2. The fourth-order valence-corrected chi connectivity index (χ4v) is 4.77. The number of hydrogen-bond acceptors (Lipinski definition) is 4. The molecule has 0 bridgehead atoms. The Morgan fingerprint density at radius 2 is 2.12 bits per heavy atom. The van der Waals surface area contributed by atoms with Gasteiger partial charge in [0, 0.05) is 11.1 Å². The van der Waals surface area contributed by atoms with Crippen molar-refractivity contribution in [3.05, 3.63) is 50.4 Å². The Kier molecular flexibility index (Phi) is 5.69. The molecule has 0 amide bonds. The van der Waals surface area contributed by atoms with Crippen molar-refractivity contribution in [1.29, 1.82) is 0 Å². The molecule has 24 heavy (non-hydrogen) atoms. The average molecular weight is 409 g/mol. The Labute approximate surface area is 154 Å². The van der Waals surface area contributed by atoms with E-state index in [9.17, 15) is 9.90 Å². The van der Waals surface area contributed by atoms with Crippen molar-refractivity contribution in [2.75, 3.05) is 13.1 Å². The minimum absolute atomic E-state index is 0.0990. The van der Waals surface area contributed by atoms with Gasteiger partial charge in [0.15, 0.2) is 0 Å². The first kappa shape index (κ1) is 17.6. The number of halogens is 1. The predicted molar refractivity (Wildman–Crippen MR) is 99.4 cm³/mol. The molecule has 0 aromatic carbocycles. The van der Waals surface area contributed by atoms with Gasteiger partial charge in [-0.25, -0.2) is 0 Å². The van der Waals surface area contributed by atoms with Gasteiger partial charge in [0.05, 0.1) is 21.4 Å². The van der Waals surface area contributed by atoms with Crippen molar-refractivity contribution in [2.24, 2.45) is 5.92 Å². The van der Waals surface area contributed by atoms with Crippen LogP contribution in [0.4, 0.5) is 0 Å². The smallest absolute Gasteiger partial charge is 0.306 e. The molecule has 2 aromatic heterocycles. The molecule has 3 rings (SSSR count). The van der Waals surface area contributed by atoms with Gasteiger partial charge in [0.2, 0.25) is 0 Å². The van der Waals surface area contributed by atoms with Crippen LogP contribution in [0.1, 0.15) is 41.9 Å². The van der Waals surface area contributed by atoms with Crippen LogP contribution in [0.15, 0.2) is 34.2 Å². The molecular formula is C18H21BrN2O2S. The van der Waals surface area contributed by atoms with Crippen molar-refractivity contribution < 1.29 is 9.90 Å². The van der Waals surface area contributed by atoms with Crippen LogP contribution in [0.3, 0.4) is 0 Å². The third-order valence-electron chi connectivity index (χ3n) is 4.64. The lowest BCUT2D eigenvalue weighted by Gasteiger charge is -2.35. The molecule has 1 atom stereocenters. The number of thiophene rings is 1. The van der Waals surface area contributed by atoms with Gasteiger partial charge in [0.1, 0.15) is 0 Å². The quantitative estimate of drug-likeness (QED) is 0.798. The molecular weight excluding hydrogens is 388 g/mol. The lowest BCUT2D eigenvalue weighted by molar-refractivity contribution is -0.143. The van der Waals surface area contributed by atoms with Crippen molar-refractivity contribution >= 4 is 33.2 Å². The van der Waals surface area contributed by atoms with Gasteiger partial charge in [-0.15, -0.1) is 11.3 Å². The molecule has 0 spiro atoms. The van der Waals surface area contributed by atoms with Crippen molar-refractivity contribution in [3.63, 3.8) is 0 Å². The summed E-state index contributed by atoms with van der Waals surface area (Å²) in [4.78, 5) is 19.5. The van der Waals surface area contributed by atoms with E-state index in [1.807, 2.05) is 6.20 Å². The van der Waals surface area contributed by atoms with Gasteiger partial charge in [-0.05, 0) is 72.0 Å². The van der Waals surface area contributed by atoms with Gasteiger partial charge < -0.3 is 5.11 Å². The molecule has 1 aliphatic heterocycles. The Bertz CT molecular complexity index is 693. The molecule has 6 heteroatoms. The number of likely N-dealkylation sites (tertiary alicyclic amines) is 1. The van der Waals surface area contributed by atoms with E-state index < -0.39 is 5.97 Å². The number of carboxylic acid groups (broad SMARTS) is 1. The first-order valence-electron chi connectivity index (χ1n) is 8.25. The minimum atomic E-state index is -0.671. The lowest BCUT2D eigenvalue weighted by Crippen LogP contribution is -2.39. The van der Waals surface area contributed by atoms with E-state index in [2.05, 4.69) is 52.0 Å². The number of carbonyl (C=O) groups is 1. The molecule has 3 heterocycles.